The highest BCUT2D eigenvalue weighted by Gasteiger charge is 2.15. The molecule has 0 spiro atoms. The second-order valence-corrected chi connectivity index (χ2v) is 6.31. The largest absolute Gasteiger partial charge is 0.379 e. The van der Waals surface area contributed by atoms with Crippen LogP contribution >= 0.6 is 35.3 Å². The Hall–Kier alpha value is -0.450. The van der Waals surface area contributed by atoms with Crippen molar-refractivity contribution < 1.29 is 9.47 Å². The van der Waals surface area contributed by atoms with Gasteiger partial charge in [0.2, 0.25) is 0 Å². The Morgan fingerprint density at radius 2 is 2.30 bits per heavy atom. The van der Waals surface area contributed by atoms with Crippen LogP contribution in [0.25, 0.3) is 0 Å². The standard InChI is InChI=1S/C15H26N4O2S.HI/c1-12-19-13(11-22-12)4-7-18-15(16-2)17-6-3-8-21-14-5-9-20-10-14;/h11,14H,3-10H2,1-2H3,(H2,16,17,18);1H. The van der Waals surface area contributed by atoms with Crippen molar-refractivity contribution in [3.05, 3.63) is 16.1 Å². The number of nitrogens with one attached hydrogen (secondary N) is 2. The van der Waals surface area contributed by atoms with Gasteiger partial charge < -0.3 is 20.1 Å². The van der Waals surface area contributed by atoms with E-state index >= 15 is 0 Å². The smallest absolute Gasteiger partial charge is 0.190 e. The van der Waals surface area contributed by atoms with E-state index in [1.54, 1.807) is 18.4 Å². The lowest BCUT2D eigenvalue weighted by molar-refractivity contribution is 0.0420. The number of aromatic nitrogens is 1. The summed E-state index contributed by atoms with van der Waals surface area (Å²) >= 11 is 1.69. The number of rotatable bonds is 8. The van der Waals surface area contributed by atoms with Gasteiger partial charge in [0.05, 0.1) is 23.4 Å². The van der Waals surface area contributed by atoms with Crippen molar-refractivity contribution in [2.75, 3.05) is 40.0 Å². The molecule has 1 aromatic rings. The fraction of sp³-hybridized carbons (Fsp3) is 0.733. The molecule has 23 heavy (non-hydrogen) atoms. The van der Waals surface area contributed by atoms with Crippen LogP contribution < -0.4 is 10.6 Å². The highest BCUT2D eigenvalue weighted by molar-refractivity contribution is 14.0. The van der Waals surface area contributed by atoms with E-state index in [0.29, 0.717) is 6.10 Å². The van der Waals surface area contributed by atoms with Crippen LogP contribution in [0.2, 0.25) is 0 Å². The van der Waals surface area contributed by atoms with E-state index in [9.17, 15) is 0 Å². The maximum atomic E-state index is 5.73. The Bertz CT molecular complexity index is 464. The number of ether oxygens (including phenoxy) is 2. The van der Waals surface area contributed by atoms with Gasteiger partial charge in [-0.15, -0.1) is 35.3 Å². The molecule has 2 heterocycles. The first-order chi connectivity index (χ1) is 10.8. The van der Waals surface area contributed by atoms with Crippen molar-refractivity contribution in [3.63, 3.8) is 0 Å². The molecule has 0 saturated carbocycles. The van der Waals surface area contributed by atoms with Crippen molar-refractivity contribution in [3.8, 4) is 0 Å². The molecule has 0 aromatic carbocycles. The summed E-state index contributed by atoms with van der Waals surface area (Å²) in [6.45, 7) is 6.05. The summed E-state index contributed by atoms with van der Waals surface area (Å²) in [4.78, 5) is 8.66. The average molecular weight is 454 g/mol. The molecule has 0 radical (unpaired) electrons. The molecule has 0 aliphatic carbocycles. The molecule has 0 bridgehead atoms. The van der Waals surface area contributed by atoms with Crippen molar-refractivity contribution in [1.82, 2.24) is 15.6 Å². The minimum atomic E-state index is 0. The Labute approximate surface area is 159 Å². The quantitative estimate of drug-likeness (QED) is 0.272. The van der Waals surface area contributed by atoms with Crippen molar-refractivity contribution in [2.24, 2.45) is 4.99 Å². The third kappa shape index (κ3) is 8.27. The summed E-state index contributed by atoms with van der Waals surface area (Å²) in [5, 5.41) is 9.82. The van der Waals surface area contributed by atoms with E-state index < -0.39 is 0 Å². The molecule has 1 aromatic heterocycles. The van der Waals surface area contributed by atoms with Gasteiger partial charge in [0.1, 0.15) is 0 Å². The van der Waals surface area contributed by atoms with E-state index in [0.717, 1.165) is 68.8 Å². The van der Waals surface area contributed by atoms with Crippen molar-refractivity contribution >= 4 is 41.3 Å². The van der Waals surface area contributed by atoms with Crippen LogP contribution in [0.5, 0.6) is 0 Å². The van der Waals surface area contributed by atoms with Crippen LogP contribution in [-0.2, 0) is 15.9 Å². The fourth-order valence-corrected chi connectivity index (χ4v) is 2.87. The molecule has 132 valence electrons. The van der Waals surface area contributed by atoms with Gasteiger partial charge in [0.25, 0.3) is 0 Å². The summed E-state index contributed by atoms with van der Waals surface area (Å²) in [5.74, 6) is 0.830. The van der Waals surface area contributed by atoms with E-state index in [2.05, 4.69) is 26.0 Å². The minimum absolute atomic E-state index is 0. The summed E-state index contributed by atoms with van der Waals surface area (Å²) in [5.41, 5.74) is 1.14. The van der Waals surface area contributed by atoms with Gasteiger partial charge in [-0.1, -0.05) is 0 Å². The number of aryl methyl sites for hydroxylation is 1. The Kier molecular flexibility index (Phi) is 10.7. The lowest BCUT2D eigenvalue weighted by Crippen LogP contribution is -2.39. The average Bonchev–Trinajstić information content (AvgIpc) is 3.17. The lowest BCUT2D eigenvalue weighted by Gasteiger charge is -2.12. The summed E-state index contributed by atoms with van der Waals surface area (Å²) in [7, 11) is 1.79. The fourth-order valence-electron chi connectivity index (χ4n) is 2.23. The molecule has 1 fully saturated rings. The zero-order valence-corrected chi connectivity index (χ0v) is 17.0. The second-order valence-electron chi connectivity index (χ2n) is 5.24. The number of hydrogen-bond acceptors (Lipinski definition) is 5. The molecular weight excluding hydrogens is 427 g/mol. The molecule has 2 N–H and O–H groups in total. The van der Waals surface area contributed by atoms with Crippen LogP contribution in [0, 0.1) is 6.92 Å². The van der Waals surface area contributed by atoms with Crippen LogP contribution in [-0.4, -0.2) is 57.0 Å². The van der Waals surface area contributed by atoms with Crippen LogP contribution in [0.3, 0.4) is 0 Å². The highest BCUT2D eigenvalue weighted by atomic mass is 127. The molecule has 1 aliphatic rings. The summed E-state index contributed by atoms with van der Waals surface area (Å²) in [6, 6.07) is 0. The van der Waals surface area contributed by atoms with E-state index in [4.69, 9.17) is 9.47 Å². The highest BCUT2D eigenvalue weighted by Crippen LogP contribution is 2.08. The molecule has 1 aliphatic heterocycles. The van der Waals surface area contributed by atoms with Crippen molar-refractivity contribution in [1.29, 1.82) is 0 Å². The molecule has 1 unspecified atom stereocenters. The molecule has 2 rings (SSSR count). The van der Waals surface area contributed by atoms with Crippen LogP contribution in [0.4, 0.5) is 0 Å². The Morgan fingerprint density at radius 1 is 1.48 bits per heavy atom. The van der Waals surface area contributed by atoms with Gasteiger partial charge in [-0.25, -0.2) is 4.98 Å². The molecule has 0 amide bonds. The predicted octanol–water partition coefficient (Wildman–Crippen LogP) is 1.97. The molecule has 1 atom stereocenters. The molecule has 1 saturated heterocycles. The first-order valence-electron chi connectivity index (χ1n) is 7.83. The Morgan fingerprint density at radius 3 is 2.96 bits per heavy atom. The lowest BCUT2D eigenvalue weighted by atomic mass is 10.3. The normalized spacial score (nSPS) is 17.8. The number of nitrogens with zero attached hydrogens (tertiary/aromatic N) is 2. The van der Waals surface area contributed by atoms with Gasteiger partial charge in [-0.3, -0.25) is 4.99 Å². The van der Waals surface area contributed by atoms with Crippen LogP contribution in [0.15, 0.2) is 10.4 Å². The van der Waals surface area contributed by atoms with Gasteiger partial charge >= 0.3 is 0 Å². The monoisotopic (exact) mass is 454 g/mol. The first kappa shape index (κ1) is 20.6. The van der Waals surface area contributed by atoms with Gasteiger partial charge in [0.15, 0.2) is 5.96 Å². The number of thiazole rings is 1. The Balaban J connectivity index is 0.00000264. The SMILES string of the molecule is CN=C(NCCCOC1CCOC1)NCCc1csc(C)n1.I. The zero-order chi connectivity index (χ0) is 15.6. The van der Waals surface area contributed by atoms with E-state index in [1.165, 1.54) is 0 Å². The van der Waals surface area contributed by atoms with Gasteiger partial charge in [0, 0.05) is 45.2 Å². The topological polar surface area (TPSA) is 67.8 Å². The van der Waals surface area contributed by atoms with E-state index in [-0.39, 0.29) is 24.0 Å². The number of guanidine groups is 1. The zero-order valence-electron chi connectivity index (χ0n) is 13.8. The third-order valence-corrected chi connectivity index (χ3v) is 4.24. The maximum Gasteiger partial charge on any atom is 0.190 e. The molecule has 8 heteroatoms. The maximum absolute atomic E-state index is 5.73. The third-order valence-electron chi connectivity index (χ3n) is 3.42. The van der Waals surface area contributed by atoms with Crippen LogP contribution in [0.1, 0.15) is 23.5 Å². The minimum Gasteiger partial charge on any atom is -0.379 e. The second kappa shape index (κ2) is 12.0. The number of aliphatic imine (C=N–C) groups is 1. The van der Waals surface area contributed by atoms with E-state index in [1.807, 2.05) is 6.92 Å². The number of halogens is 1. The summed E-state index contributed by atoms with van der Waals surface area (Å²) in [6.07, 6.45) is 3.18. The first-order valence-corrected chi connectivity index (χ1v) is 8.71. The predicted molar refractivity (Wildman–Crippen MR) is 105 cm³/mol. The number of hydrogen-bond donors (Lipinski definition) is 2. The van der Waals surface area contributed by atoms with Gasteiger partial charge in [-0.2, -0.15) is 0 Å². The molecule has 6 nitrogen and oxygen atoms in total. The molecular formula is C15H27IN4O2S. The van der Waals surface area contributed by atoms with Crippen molar-refractivity contribution in [2.45, 2.75) is 32.3 Å². The summed E-state index contributed by atoms with van der Waals surface area (Å²) < 4.78 is 11.0. The van der Waals surface area contributed by atoms with Gasteiger partial charge in [-0.05, 0) is 19.8 Å².